The molecular weight excluding hydrogens is 212 g/mol. The summed E-state index contributed by atoms with van der Waals surface area (Å²) in [7, 11) is 0. The Bertz CT molecular complexity index is 223. The molecule has 0 bridgehead atoms. The number of Topliss-reactive ketones (excluding diaryl/α,β-unsaturated/α-hetero) is 1. The summed E-state index contributed by atoms with van der Waals surface area (Å²) in [6, 6.07) is 0. The zero-order chi connectivity index (χ0) is 12.7. The minimum absolute atomic E-state index is 0.285. The maximum Gasteiger partial charge on any atom is 0.136 e. The van der Waals surface area contributed by atoms with Crippen LogP contribution in [-0.2, 0) is 9.53 Å². The summed E-state index contributed by atoms with van der Waals surface area (Å²) in [5.41, 5.74) is 0. The highest BCUT2D eigenvalue weighted by Gasteiger charge is 2.27. The summed E-state index contributed by atoms with van der Waals surface area (Å²) in [4.78, 5) is 11.8. The van der Waals surface area contributed by atoms with Crippen molar-refractivity contribution in [2.45, 2.75) is 59.3 Å². The molecular formula is C15H28O2. The monoisotopic (exact) mass is 240 g/mol. The number of hydrogen-bond acceptors (Lipinski definition) is 2. The predicted octanol–water partition coefficient (Wildman–Crippen LogP) is 3.83. The topological polar surface area (TPSA) is 26.3 Å². The van der Waals surface area contributed by atoms with Crippen LogP contribution in [0.1, 0.15) is 59.3 Å². The van der Waals surface area contributed by atoms with Gasteiger partial charge in [0.1, 0.15) is 5.78 Å². The van der Waals surface area contributed by atoms with Gasteiger partial charge in [0.05, 0.1) is 0 Å². The largest absolute Gasteiger partial charge is 0.381 e. The lowest BCUT2D eigenvalue weighted by molar-refractivity contribution is -0.126. The van der Waals surface area contributed by atoms with E-state index in [2.05, 4.69) is 20.8 Å². The van der Waals surface area contributed by atoms with E-state index in [-0.39, 0.29) is 5.92 Å². The zero-order valence-corrected chi connectivity index (χ0v) is 11.7. The molecule has 1 fully saturated rings. The van der Waals surface area contributed by atoms with Crippen molar-refractivity contribution in [2.75, 3.05) is 13.2 Å². The Kier molecular flexibility index (Phi) is 6.79. The van der Waals surface area contributed by atoms with E-state index in [1.165, 1.54) is 6.42 Å². The SMILES string of the molecule is CCC1CCC(=O)C(CCOCCC(C)C)C1. The highest BCUT2D eigenvalue weighted by Crippen LogP contribution is 2.30. The third kappa shape index (κ3) is 5.67. The molecule has 1 saturated carbocycles. The fourth-order valence-electron chi connectivity index (χ4n) is 2.50. The van der Waals surface area contributed by atoms with Crippen LogP contribution in [0.4, 0.5) is 0 Å². The van der Waals surface area contributed by atoms with E-state index in [1.807, 2.05) is 0 Å². The number of hydrogen-bond donors (Lipinski definition) is 0. The summed E-state index contributed by atoms with van der Waals surface area (Å²) in [6.07, 6.45) is 6.29. The summed E-state index contributed by atoms with van der Waals surface area (Å²) >= 11 is 0. The molecule has 0 aromatic carbocycles. The Morgan fingerprint density at radius 2 is 2.12 bits per heavy atom. The molecule has 0 aromatic heterocycles. The summed E-state index contributed by atoms with van der Waals surface area (Å²) in [5, 5.41) is 0. The number of rotatable bonds is 7. The Morgan fingerprint density at radius 1 is 1.35 bits per heavy atom. The molecule has 2 heteroatoms. The highest BCUT2D eigenvalue weighted by molar-refractivity contribution is 5.81. The van der Waals surface area contributed by atoms with E-state index in [0.29, 0.717) is 11.7 Å². The first-order valence-corrected chi connectivity index (χ1v) is 7.24. The van der Waals surface area contributed by atoms with Crippen LogP contribution in [0.25, 0.3) is 0 Å². The van der Waals surface area contributed by atoms with Gasteiger partial charge in [-0.05, 0) is 37.5 Å². The van der Waals surface area contributed by atoms with Gasteiger partial charge in [0, 0.05) is 25.6 Å². The van der Waals surface area contributed by atoms with Crippen LogP contribution in [0, 0.1) is 17.8 Å². The second-order valence-electron chi connectivity index (χ2n) is 5.80. The Labute approximate surface area is 106 Å². The molecule has 0 spiro atoms. The first-order chi connectivity index (χ1) is 8.13. The van der Waals surface area contributed by atoms with Gasteiger partial charge in [-0.15, -0.1) is 0 Å². The minimum atomic E-state index is 0.285. The van der Waals surface area contributed by atoms with Gasteiger partial charge >= 0.3 is 0 Å². The van der Waals surface area contributed by atoms with Crippen molar-refractivity contribution in [1.29, 1.82) is 0 Å². The van der Waals surface area contributed by atoms with Gasteiger partial charge in [-0.25, -0.2) is 0 Å². The molecule has 0 aromatic rings. The van der Waals surface area contributed by atoms with Crippen LogP contribution >= 0.6 is 0 Å². The van der Waals surface area contributed by atoms with Crippen molar-refractivity contribution >= 4 is 5.78 Å². The molecule has 0 amide bonds. The number of carbonyl (C=O) groups excluding carboxylic acids is 1. The molecule has 0 N–H and O–H groups in total. The van der Waals surface area contributed by atoms with Gasteiger partial charge in [0.2, 0.25) is 0 Å². The lowest BCUT2D eigenvalue weighted by atomic mass is 9.78. The van der Waals surface area contributed by atoms with Crippen LogP contribution < -0.4 is 0 Å². The second-order valence-corrected chi connectivity index (χ2v) is 5.80. The van der Waals surface area contributed by atoms with Gasteiger partial charge < -0.3 is 4.74 Å². The lowest BCUT2D eigenvalue weighted by Crippen LogP contribution is -2.25. The Morgan fingerprint density at radius 3 is 2.76 bits per heavy atom. The third-order valence-corrected chi connectivity index (χ3v) is 3.90. The van der Waals surface area contributed by atoms with Gasteiger partial charge in [0.15, 0.2) is 0 Å². The normalized spacial score (nSPS) is 25.5. The molecule has 1 aliphatic carbocycles. The van der Waals surface area contributed by atoms with E-state index < -0.39 is 0 Å². The van der Waals surface area contributed by atoms with E-state index in [4.69, 9.17) is 4.74 Å². The number of ether oxygens (including phenoxy) is 1. The summed E-state index contributed by atoms with van der Waals surface area (Å²) in [5.74, 6) is 2.24. The Hall–Kier alpha value is -0.370. The van der Waals surface area contributed by atoms with Crippen LogP contribution in [0.3, 0.4) is 0 Å². The van der Waals surface area contributed by atoms with E-state index in [0.717, 1.165) is 51.2 Å². The molecule has 0 saturated heterocycles. The van der Waals surface area contributed by atoms with Crippen molar-refractivity contribution in [3.63, 3.8) is 0 Å². The van der Waals surface area contributed by atoms with Crippen molar-refractivity contribution in [3.8, 4) is 0 Å². The third-order valence-electron chi connectivity index (χ3n) is 3.90. The lowest BCUT2D eigenvalue weighted by Gasteiger charge is -2.27. The van der Waals surface area contributed by atoms with Crippen LogP contribution in [-0.4, -0.2) is 19.0 Å². The van der Waals surface area contributed by atoms with Crippen molar-refractivity contribution < 1.29 is 9.53 Å². The second kappa shape index (κ2) is 7.86. The average Bonchev–Trinajstić information content (AvgIpc) is 2.30. The first kappa shape index (κ1) is 14.7. The molecule has 1 rings (SSSR count). The predicted molar refractivity (Wildman–Crippen MR) is 71.0 cm³/mol. The molecule has 1 aliphatic rings. The Balaban J connectivity index is 2.14. The number of carbonyl (C=O) groups is 1. The molecule has 2 nitrogen and oxygen atoms in total. The fraction of sp³-hybridized carbons (Fsp3) is 0.933. The molecule has 0 heterocycles. The molecule has 100 valence electrons. The smallest absolute Gasteiger partial charge is 0.136 e. The van der Waals surface area contributed by atoms with E-state index in [1.54, 1.807) is 0 Å². The molecule has 0 radical (unpaired) electrons. The van der Waals surface area contributed by atoms with Crippen LogP contribution in [0.2, 0.25) is 0 Å². The number of ketones is 1. The van der Waals surface area contributed by atoms with Gasteiger partial charge in [0.25, 0.3) is 0 Å². The van der Waals surface area contributed by atoms with Crippen molar-refractivity contribution in [3.05, 3.63) is 0 Å². The molecule has 2 atom stereocenters. The van der Waals surface area contributed by atoms with E-state index in [9.17, 15) is 4.79 Å². The molecule has 2 unspecified atom stereocenters. The van der Waals surface area contributed by atoms with E-state index >= 15 is 0 Å². The molecule has 17 heavy (non-hydrogen) atoms. The first-order valence-electron chi connectivity index (χ1n) is 7.24. The summed E-state index contributed by atoms with van der Waals surface area (Å²) < 4.78 is 5.61. The van der Waals surface area contributed by atoms with Crippen LogP contribution in [0.5, 0.6) is 0 Å². The molecule has 0 aliphatic heterocycles. The minimum Gasteiger partial charge on any atom is -0.381 e. The zero-order valence-electron chi connectivity index (χ0n) is 11.7. The fourth-order valence-corrected chi connectivity index (χ4v) is 2.50. The van der Waals surface area contributed by atoms with Crippen molar-refractivity contribution in [2.24, 2.45) is 17.8 Å². The van der Waals surface area contributed by atoms with Crippen LogP contribution in [0.15, 0.2) is 0 Å². The summed E-state index contributed by atoms with van der Waals surface area (Å²) in [6.45, 7) is 8.26. The quantitative estimate of drug-likeness (QED) is 0.632. The van der Waals surface area contributed by atoms with Gasteiger partial charge in [-0.2, -0.15) is 0 Å². The average molecular weight is 240 g/mol. The van der Waals surface area contributed by atoms with Crippen molar-refractivity contribution in [1.82, 2.24) is 0 Å². The highest BCUT2D eigenvalue weighted by atomic mass is 16.5. The van der Waals surface area contributed by atoms with Gasteiger partial charge in [-0.3, -0.25) is 4.79 Å². The maximum absolute atomic E-state index is 11.8. The standard InChI is InChI=1S/C15H28O2/c1-4-13-5-6-15(16)14(11-13)8-10-17-9-7-12(2)3/h12-14H,4-11H2,1-3H3. The maximum atomic E-state index is 11.8. The van der Waals surface area contributed by atoms with Gasteiger partial charge in [-0.1, -0.05) is 27.2 Å².